The highest BCUT2D eigenvalue weighted by Crippen LogP contribution is 2.28. The molecule has 1 atom stereocenters. The van der Waals surface area contributed by atoms with Gasteiger partial charge in [-0.2, -0.15) is 0 Å². The van der Waals surface area contributed by atoms with Crippen molar-refractivity contribution < 1.29 is 18.3 Å². The summed E-state index contributed by atoms with van der Waals surface area (Å²) in [6, 6.07) is 5.97. The molecule has 0 heterocycles. The molecule has 100 valence electrons. The first-order valence-corrected chi connectivity index (χ1v) is 7.12. The maximum atomic E-state index is 11.5. The van der Waals surface area contributed by atoms with E-state index in [-0.39, 0.29) is 16.4 Å². The third kappa shape index (κ3) is 3.54. The van der Waals surface area contributed by atoms with Gasteiger partial charge in [0.05, 0.1) is 10.8 Å². The molecule has 0 saturated heterocycles. The van der Waals surface area contributed by atoms with Crippen molar-refractivity contribution in [3.63, 3.8) is 0 Å². The first-order chi connectivity index (χ1) is 8.23. The van der Waals surface area contributed by atoms with Crippen LogP contribution in [0.3, 0.4) is 0 Å². The van der Waals surface area contributed by atoms with Gasteiger partial charge in [0, 0.05) is 0 Å². The van der Waals surface area contributed by atoms with E-state index in [0.29, 0.717) is 6.42 Å². The molecule has 1 unspecified atom stereocenters. The minimum atomic E-state index is -3.91. The van der Waals surface area contributed by atoms with E-state index in [1.54, 1.807) is 6.07 Å². The van der Waals surface area contributed by atoms with Crippen LogP contribution >= 0.6 is 0 Å². The zero-order chi connectivity index (χ0) is 13.9. The maximum Gasteiger partial charge on any atom is 0.311 e. The quantitative estimate of drug-likeness (QED) is 0.848. The second-order valence-electron chi connectivity index (χ2n) is 4.60. The Morgan fingerprint density at radius 2 is 1.89 bits per heavy atom. The molecule has 5 nitrogen and oxygen atoms in total. The lowest BCUT2D eigenvalue weighted by molar-refractivity contribution is -0.139. The summed E-state index contributed by atoms with van der Waals surface area (Å²) in [5.41, 5.74) is 0.251. The largest absolute Gasteiger partial charge is 0.481 e. The SMILES string of the molecule is CC(C)CC(C(=O)O)c1ccccc1S(N)(=O)=O. The molecule has 0 spiro atoms. The molecule has 0 saturated carbocycles. The topological polar surface area (TPSA) is 97.5 Å². The van der Waals surface area contributed by atoms with Gasteiger partial charge in [-0.05, 0) is 24.0 Å². The fraction of sp³-hybridized carbons (Fsp3) is 0.417. The first kappa shape index (κ1) is 14.7. The first-order valence-electron chi connectivity index (χ1n) is 5.58. The van der Waals surface area contributed by atoms with Gasteiger partial charge in [0.25, 0.3) is 0 Å². The van der Waals surface area contributed by atoms with Gasteiger partial charge in [0.15, 0.2) is 0 Å². The van der Waals surface area contributed by atoms with Crippen LogP contribution in [0.1, 0.15) is 31.7 Å². The molecule has 18 heavy (non-hydrogen) atoms. The highest BCUT2D eigenvalue weighted by Gasteiger charge is 2.26. The molecule has 0 amide bonds. The van der Waals surface area contributed by atoms with Crippen molar-refractivity contribution in [1.82, 2.24) is 0 Å². The van der Waals surface area contributed by atoms with E-state index < -0.39 is 21.9 Å². The summed E-state index contributed by atoms with van der Waals surface area (Å²) in [6.45, 7) is 3.77. The molecule has 6 heteroatoms. The van der Waals surface area contributed by atoms with E-state index in [2.05, 4.69) is 0 Å². The summed E-state index contributed by atoms with van der Waals surface area (Å²) in [4.78, 5) is 11.2. The summed E-state index contributed by atoms with van der Waals surface area (Å²) in [5.74, 6) is -1.76. The summed E-state index contributed by atoms with van der Waals surface area (Å²) in [7, 11) is -3.91. The second-order valence-corrected chi connectivity index (χ2v) is 6.13. The monoisotopic (exact) mass is 271 g/mol. The molecular weight excluding hydrogens is 254 g/mol. The van der Waals surface area contributed by atoms with Crippen molar-refractivity contribution in [2.24, 2.45) is 11.1 Å². The summed E-state index contributed by atoms with van der Waals surface area (Å²) < 4.78 is 22.9. The Kier molecular flexibility index (Phi) is 4.48. The molecular formula is C12H17NO4S. The van der Waals surface area contributed by atoms with Crippen molar-refractivity contribution in [3.05, 3.63) is 29.8 Å². The predicted molar refractivity (Wildman–Crippen MR) is 67.6 cm³/mol. The predicted octanol–water partition coefficient (Wildman–Crippen LogP) is 1.55. The molecule has 1 rings (SSSR count). The van der Waals surface area contributed by atoms with E-state index in [9.17, 15) is 18.3 Å². The molecule has 1 aromatic carbocycles. The smallest absolute Gasteiger partial charge is 0.311 e. The van der Waals surface area contributed by atoms with Gasteiger partial charge in [-0.1, -0.05) is 32.0 Å². The number of carbonyl (C=O) groups is 1. The molecule has 1 aromatic rings. The summed E-state index contributed by atoms with van der Waals surface area (Å²) in [6.07, 6.45) is 0.363. The maximum absolute atomic E-state index is 11.5. The van der Waals surface area contributed by atoms with Crippen LogP contribution in [0.4, 0.5) is 0 Å². The second kappa shape index (κ2) is 5.49. The number of sulfonamides is 1. The van der Waals surface area contributed by atoms with Crippen LogP contribution in [0.5, 0.6) is 0 Å². The van der Waals surface area contributed by atoms with Crippen molar-refractivity contribution in [2.45, 2.75) is 31.1 Å². The van der Waals surface area contributed by atoms with E-state index in [4.69, 9.17) is 5.14 Å². The third-order valence-electron chi connectivity index (χ3n) is 2.61. The Hall–Kier alpha value is -1.40. The highest BCUT2D eigenvalue weighted by molar-refractivity contribution is 7.89. The van der Waals surface area contributed by atoms with E-state index in [1.165, 1.54) is 18.2 Å². The van der Waals surface area contributed by atoms with Gasteiger partial charge < -0.3 is 5.11 Å². The van der Waals surface area contributed by atoms with E-state index >= 15 is 0 Å². The number of nitrogens with two attached hydrogens (primary N) is 1. The molecule has 0 aromatic heterocycles. The fourth-order valence-corrected chi connectivity index (χ4v) is 2.67. The lowest BCUT2D eigenvalue weighted by atomic mass is 9.90. The summed E-state index contributed by atoms with van der Waals surface area (Å²) in [5, 5.41) is 14.3. The minimum absolute atomic E-state index is 0.113. The highest BCUT2D eigenvalue weighted by atomic mass is 32.2. The zero-order valence-corrected chi connectivity index (χ0v) is 11.1. The normalized spacial score (nSPS) is 13.6. The molecule has 0 aliphatic heterocycles. The summed E-state index contributed by atoms with van der Waals surface area (Å²) >= 11 is 0. The van der Waals surface area contributed by atoms with Crippen molar-refractivity contribution in [1.29, 1.82) is 0 Å². The van der Waals surface area contributed by atoms with Crippen molar-refractivity contribution >= 4 is 16.0 Å². The van der Waals surface area contributed by atoms with Crippen LogP contribution in [0.2, 0.25) is 0 Å². The van der Waals surface area contributed by atoms with Crippen LogP contribution in [-0.4, -0.2) is 19.5 Å². The standard InChI is InChI=1S/C12H17NO4S/c1-8(2)7-10(12(14)15)9-5-3-4-6-11(9)18(13,16)17/h3-6,8,10H,7H2,1-2H3,(H,14,15)(H2,13,16,17). The fourth-order valence-electron chi connectivity index (χ4n) is 1.86. The van der Waals surface area contributed by atoms with Crippen LogP contribution < -0.4 is 5.14 Å². The average Bonchev–Trinajstić information content (AvgIpc) is 2.24. The van der Waals surface area contributed by atoms with Gasteiger partial charge in [0.1, 0.15) is 0 Å². The molecule has 3 N–H and O–H groups in total. The van der Waals surface area contributed by atoms with Crippen LogP contribution in [0, 0.1) is 5.92 Å². The van der Waals surface area contributed by atoms with Crippen LogP contribution in [0.15, 0.2) is 29.2 Å². The van der Waals surface area contributed by atoms with E-state index in [1.807, 2.05) is 13.8 Å². The Labute approximate surface area is 107 Å². The van der Waals surface area contributed by atoms with Gasteiger partial charge >= 0.3 is 5.97 Å². The minimum Gasteiger partial charge on any atom is -0.481 e. The third-order valence-corrected chi connectivity index (χ3v) is 3.59. The Bertz CT molecular complexity index is 537. The van der Waals surface area contributed by atoms with Crippen molar-refractivity contribution in [3.8, 4) is 0 Å². The molecule has 0 aliphatic carbocycles. The van der Waals surface area contributed by atoms with Gasteiger partial charge in [-0.3, -0.25) is 4.79 Å². The van der Waals surface area contributed by atoms with Crippen molar-refractivity contribution in [2.75, 3.05) is 0 Å². The van der Waals surface area contributed by atoms with Crippen LogP contribution in [0.25, 0.3) is 0 Å². The molecule has 0 aliphatic rings. The number of primary sulfonamides is 1. The Morgan fingerprint density at radius 1 is 1.33 bits per heavy atom. The molecule has 0 bridgehead atoms. The Balaban J connectivity index is 3.33. The number of hydrogen-bond acceptors (Lipinski definition) is 3. The number of aliphatic carboxylic acids is 1. The number of rotatable bonds is 5. The average molecular weight is 271 g/mol. The zero-order valence-electron chi connectivity index (χ0n) is 10.3. The van der Waals surface area contributed by atoms with Gasteiger partial charge in [-0.25, -0.2) is 13.6 Å². The lowest BCUT2D eigenvalue weighted by Gasteiger charge is -2.17. The molecule has 0 fully saturated rings. The molecule has 0 radical (unpaired) electrons. The van der Waals surface area contributed by atoms with Gasteiger partial charge in [0.2, 0.25) is 10.0 Å². The number of hydrogen-bond donors (Lipinski definition) is 2. The Morgan fingerprint density at radius 3 is 2.33 bits per heavy atom. The number of carboxylic acid groups (broad SMARTS) is 1. The lowest BCUT2D eigenvalue weighted by Crippen LogP contribution is -2.20. The van der Waals surface area contributed by atoms with E-state index in [0.717, 1.165) is 0 Å². The number of benzene rings is 1. The number of carboxylic acids is 1. The van der Waals surface area contributed by atoms with Gasteiger partial charge in [-0.15, -0.1) is 0 Å². The van der Waals surface area contributed by atoms with Crippen LogP contribution in [-0.2, 0) is 14.8 Å².